The van der Waals surface area contributed by atoms with E-state index in [4.69, 9.17) is 23.2 Å². The van der Waals surface area contributed by atoms with E-state index in [2.05, 4.69) is 15.0 Å². The Balaban J connectivity index is 1.62. The second-order valence-corrected chi connectivity index (χ2v) is 12.0. The van der Waals surface area contributed by atoms with Gasteiger partial charge in [0.05, 0.1) is 17.6 Å². The van der Waals surface area contributed by atoms with Crippen LogP contribution >= 0.6 is 23.2 Å². The smallest absolute Gasteiger partial charge is 0.274 e. The quantitative estimate of drug-likeness (QED) is 0.308. The zero-order chi connectivity index (χ0) is 27.5. The second kappa shape index (κ2) is 9.52. The lowest BCUT2D eigenvalue weighted by molar-refractivity contribution is 0.569. The highest BCUT2D eigenvalue weighted by molar-refractivity contribution is 7.90. The summed E-state index contributed by atoms with van der Waals surface area (Å²) >= 11 is 12.5. The average molecular weight is 577 g/mol. The normalized spacial score (nSPS) is 17.0. The highest BCUT2D eigenvalue weighted by Crippen LogP contribution is 2.55. The van der Waals surface area contributed by atoms with Gasteiger partial charge in [0.25, 0.3) is 5.56 Å². The van der Waals surface area contributed by atoms with Gasteiger partial charge < -0.3 is 0 Å². The van der Waals surface area contributed by atoms with E-state index in [0.717, 1.165) is 16.9 Å². The Hall–Kier alpha value is -3.21. The minimum Gasteiger partial charge on any atom is -0.277 e. The molecule has 38 heavy (non-hydrogen) atoms. The zero-order valence-electron chi connectivity index (χ0n) is 20.3. The van der Waals surface area contributed by atoms with Crippen LogP contribution in [0.1, 0.15) is 40.8 Å². The van der Waals surface area contributed by atoms with Crippen molar-refractivity contribution in [3.8, 4) is 16.9 Å². The highest BCUT2D eigenvalue weighted by Gasteiger charge is 2.43. The second-order valence-electron chi connectivity index (χ2n) is 9.25. The van der Waals surface area contributed by atoms with Crippen molar-refractivity contribution in [1.82, 2.24) is 19.5 Å². The Morgan fingerprint density at radius 1 is 1.05 bits per heavy atom. The van der Waals surface area contributed by atoms with Gasteiger partial charge in [-0.25, -0.2) is 22.2 Å². The van der Waals surface area contributed by atoms with Crippen LogP contribution in [0.15, 0.2) is 52.5 Å². The molecule has 5 rings (SSSR count). The van der Waals surface area contributed by atoms with Crippen molar-refractivity contribution < 1.29 is 17.2 Å². The van der Waals surface area contributed by atoms with Gasteiger partial charge in [-0.15, -0.1) is 0 Å². The number of hydrogen-bond acceptors (Lipinski definition) is 6. The summed E-state index contributed by atoms with van der Waals surface area (Å²) in [6.07, 6.45) is 5.90. The summed E-state index contributed by atoms with van der Waals surface area (Å²) in [6, 6.07) is 5.34. The van der Waals surface area contributed by atoms with Crippen molar-refractivity contribution >= 4 is 33.0 Å². The van der Waals surface area contributed by atoms with Crippen molar-refractivity contribution in [2.75, 3.05) is 6.26 Å². The van der Waals surface area contributed by atoms with Crippen molar-refractivity contribution in [2.45, 2.75) is 37.0 Å². The van der Waals surface area contributed by atoms with Crippen LogP contribution in [-0.2, 0) is 9.84 Å². The molecule has 3 aromatic heterocycles. The van der Waals surface area contributed by atoms with E-state index in [0.29, 0.717) is 28.9 Å². The summed E-state index contributed by atoms with van der Waals surface area (Å²) in [5.41, 5.74) is 0.443. The summed E-state index contributed by atoms with van der Waals surface area (Å²) in [7, 11) is -3.91. The molecule has 0 radical (unpaired) electrons. The van der Waals surface area contributed by atoms with Crippen molar-refractivity contribution in [3.05, 3.63) is 97.5 Å². The third-order valence-electron chi connectivity index (χ3n) is 6.57. The molecule has 3 heterocycles. The van der Waals surface area contributed by atoms with Gasteiger partial charge in [-0.2, -0.15) is 0 Å². The van der Waals surface area contributed by atoms with Crippen LogP contribution < -0.4 is 5.56 Å². The molecule has 1 unspecified atom stereocenters. The number of aromatic nitrogens is 4. The van der Waals surface area contributed by atoms with E-state index in [1.54, 1.807) is 26.1 Å². The molecule has 1 aliphatic carbocycles. The maximum absolute atomic E-state index is 16.0. The first-order valence-corrected chi connectivity index (χ1v) is 14.1. The van der Waals surface area contributed by atoms with Gasteiger partial charge in [0.2, 0.25) is 0 Å². The van der Waals surface area contributed by atoms with Crippen LogP contribution in [0.3, 0.4) is 0 Å². The standard InChI is InChI=1S/C26H20Cl2F2N4O3S/c1-12-9-32-24(14-5-4-6-19(22(14)29)38(3,36)37)23(30)25(12)34-13(2)7-17(21(28)26(34)35)15-8-16(15)18-10-31-11-20(27)33-18/h4-7,9-11,15-16H,8H2,1-3H3/t15-,16?/m1/s1. The Bertz CT molecular complexity index is 1790. The first-order valence-electron chi connectivity index (χ1n) is 11.4. The molecule has 12 heteroatoms. The van der Waals surface area contributed by atoms with Crippen LogP contribution in [0.5, 0.6) is 0 Å². The lowest BCUT2D eigenvalue weighted by Crippen LogP contribution is -2.24. The summed E-state index contributed by atoms with van der Waals surface area (Å²) in [6.45, 7) is 3.20. The van der Waals surface area contributed by atoms with Crippen molar-refractivity contribution in [2.24, 2.45) is 0 Å². The number of nitrogens with zero attached hydrogens (tertiary/aromatic N) is 4. The van der Waals surface area contributed by atoms with Crippen LogP contribution in [0.25, 0.3) is 16.9 Å². The molecular weight excluding hydrogens is 557 g/mol. The molecule has 196 valence electrons. The molecule has 0 aliphatic heterocycles. The molecule has 1 fully saturated rings. The van der Waals surface area contributed by atoms with E-state index >= 15 is 8.78 Å². The molecule has 0 bridgehead atoms. The molecular formula is C26H20Cl2F2N4O3S. The van der Waals surface area contributed by atoms with Gasteiger partial charge in [0.1, 0.15) is 20.8 Å². The average Bonchev–Trinajstić information content (AvgIpc) is 3.64. The number of pyridine rings is 2. The SMILES string of the molecule is Cc1cnc(-c2cccc(S(C)(=O)=O)c2F)c(F)c1-n1c(C)cc([C@@H]2CC2c2cncc(Cl)n2)c(Cl)c1=O. The van der Waals surface area contributed by atoms with Crippen LogP contribution in [0, 0.1) is 25.5 Å². The van der Waals surface area contributed by atoms with Gasteiger partial charge >= 0.3 is 0 Å². The molecule has 4 aromatic rings. The van der Waals surface area contributed by atoms with Crippen LogP contribution in [0.4, 0.5) is 8.78 Å². The Kier molecular flexibility index (Phi) is 6.61. The van der Waals surface area contributed by atoms with Crippen LogP contribution in [-0.4, -0.2) is 34.2 Å². The number of halogens is 4. The van der Waals surface area contributed by atoms with Gasteiger partial charge in [-0.1, -0.05) is 29.3 Å². The maximum atomic E-state index is 16.0. The molecule has 0 N–H and O–H groups in total. The number of rotatable bonds is 5. The predicted molar refractivity (Wildman–Crippen MR) is 140 cm³/mol. The number of sulfone groups is 1. The minimum absolute atomic E-state index is 0.00977. The fourth-order valence-corrected chi connectivity index (χ4v) is 5.88. The lowest BCUT2D eigenvalue weighted by atomic mass is 10.1. The van der Waals surface area contributed by atoms with Gasteiger partial charge in [-0.05, 0) is 55.5 Å². The zero-order valence-corrected chi connectivity index (χ0v) is 22.7. The fourth-order valence-electron chi connectivity index (χ4n) is 4.69. The fraction of sp³-hybridized carbons (Fsp3) is 0.231. The molecule has 2 atom stereocenters. The third-order valence-corrected chi connectivity index (χ3v) is 8.25. The minimum atomic E-state index is -3.91. The molecule has 7 nitrogen and oxygen atoms in total. The summed E-state index contributed by atoms with van der Waals surface area (Å²) in [4.78, 5) is 25.3. The van der Waals surface area contributed by atoms with E-state index in [1.165, 1.54) is 24.5 Å². The monoisotopic (exact) mass is 576 g/mol. The highest BCUT2D eigenvalue weighted by atomic mass is 35.5. The summed E-state index contributed by atoms with van der Waals surface area (Å²) in [5.74, 6) is -2.20. The first-order chi connectivity index (χ1) is 17.9. The van der Waals surface area contributed by atoms with E-state index in [1.807, 2.05) is 0 Å². The van der Waals surface area contributed by atoms with Crippen LogP contribution in [0.2, 0.25) is 10.2 Å². The molecule has 0 saturated heterocycles. The molecule has 1 aliphatic rings. The first kappa shape index (κ1) is 26.4. The molecule has 1 saturated carbocycles. The topological polar surface area (TPSA) is 94.8 Å². The van der Waals surface area contributed by atoms with E-state index in [-0.39, 0.29) is 33.3 Å². The summed E-state index contributed by atoms with van der Waals surface area (Å²) in [5, 5.41) is 0.198. The summed E-state index contributed by atoms with van der Waals surface area (Å²) < 4.78 is 56.2. The largest absolute Gasteiger partial charge is 0.277 e. The number of hydrogen-bond donors (Lipinski definition) is 0. The van der Waals surface area contributed by atoms with E-state index in [9.17, 15) is 13.2 Å². The number of benzene rings is 1. The third kappa shape index (κ3) is 4.50. The predicted octanol–water partition coefficient (Wildman–Crippen LogP) is 5.57. The Morgan fingerprint density at radius 2 is 1.79 bits per heavy atom. The van der Waals surface area contributed by atoms with E-state index < -0.39 is 37.6 Å². The molecule has 0 spiro atoms. The van der Waals surface area contributed by atoms with Gasteiger partial charge in [0, 0.05) is 35.8 Å². The van der Waals surface area contributed by atoms with Gasteiger partial charge in [-0.3, -0.25) is 19.3 Å². The lowest BCUT2D eigenvalue weighted by Gasteiger charge is -2.18. The molecule has 0 amide bonds. The van der Waals surface area contributed by atoms with Crippen molar-refractivity contribution in [3.63, 3.8) is 0 Å². The number of aryl methyl sites for hydroxylation is 2. The van der Waals surface area contributed by atoms with Crippen molar-refractivity contribution in [1.29, 1.82) is 0 Å². The maximum Gasteiger partial charge on any atom is 0.274 e. The Labute approximate surface area is 227 Å². The molecule has 1 aromatic carbocycles. The van der Waals surface area contributed by atoms with Gasteiger partial charge in [0.15, 0.2) is 21.5 Å². The Morgan fingerprint density at radius 3 is 2.47 bits per heavy atom.